The Bertz CT molecular complexity index is 379. The van der Waals surface area contributed by atoms with E-state index >= 15 is 0 Å². The second kappa shape index (κ2) is 15.5. The highest BCUT2D eigenvalue weighted by Gasteiger charge is 2.18. The predicted molar refractivity (Wildman–Crippen MR) is 103 cm³/mol. The molecule has 5 nitrogen and oxygen atoms in total. The van der Waals surface area contributed by atoms with Crippen molar-refractivity contribution < 1.29 is 17.8 Å². The van der Waals surface area contributed by atoms with Crippen molar-refractivity contribution in [3.05, 3.63) is 0 Å². The first-order valence-electron chi connectivity index (χ1n) is 9.52. The fourth-order valence-electron chi connectivity index (χ4n) is 2.68. The van der Waals surface area contributed by atoms with Crippen LogP contribution >= 0.6 is 8.53 Å². The Morgan fingerprint density at radius 2 is 1.29 bits per heavy atom. The van der Waals surface area contributed by atoms with Crippen molar-refractivity contribution in [2.75, 3.05) is 6.26 Å². The molecule has 0 heterocycles. The maximum absolute atomic E-state index is 11.2. The van der Waals surface area contributed by atoms with E-state index in [1.807, 2.05) is 0 Å². The molecule has 0 amide bonds. The number of nitrogens with one attached hydrogen (secondary N) is 1. The Hall–Kier alpha value is 0.260. The smallest absolute Gasteiger partial charge is 0.267 e. The first kappa shape index (κ1) is 24.3. The van der Waals surface area contributed by atoms with E-state index in [1.54, 1.807) is 0 Å². The minimum absolute atomic E-state index is 0.0526. The number of hydrogen-bond acceptors (Lipinski definition) is 4. The molecule has 0 bridgehead atoms. The van der Waals surface area contributed by atoms with Crippen LogP contribution in [-0.2, 0) is 14.5 Å². The summed E-state index contributed by atoms with van der Waals surface area (Å²) in [5, 5.41) is 0. The van der Waals surface area contributed by atoms with Gasteiger partial charge in [-0.3, -0.25) is 0 Å². The molecule has 0 aliphatic heterocycles. The van der Waals surface area contributed by atoms with Crippen molar-refractivity contribution in [3.8, 4) is 0 Å². The third kappa shape index (κ3) is 17.1. The van der Waals surface area contributed by atoms with E-state index in [2.05, 4.69) is 18.3 Å². The van der Waals surface area contributed by atoms with E-state index in [1.165, 1.54) is 57.8 Å². The fourth-order valence-corrected chi connectivity index (χ4v) is 4.48. The Labute approximate surface area is 151 Å². The van der Waals surface area contributed by atoms with Crippen molar-refractivity contribution in [1.82, 2.24) is 4.49 Å². The molecule has 0 aromatic rings. The topological polar surface area (TPSA) is 75.6 Å². The van der Waals surface area contributed by atoms with Gasteiger partial charge in [-0.15, -0.1) is 4.49 Å². The van der Waals surface area contributed by atoms with Gasteiger partial charge in [-0.1, -0.05) is 84.5 Å². The second-order valence-electron chi connectivity index (χ2n) is 6.62. The van der Waals surface area contributed by atoms with E-state index < -0.39 is 18.5 Å². The van der Waals surface area contributed by atoms with Gasteiger partial charge in [-0.25, -0.2) is 8.42 Å². The molecule has 0 saturated heterocycles. The summed E-state index contributed by atoms with van der Waals surface area (Å²) in [6.07, 6.45) is 16.0. The van der Waals surface area contributed by atoms with Crippen LogP contribution in [0.1, 0.15) is 97.3 Å². The Morgan fingerprint density at radius 1 is 0.875 bits per heavy atom. The van der Waals surface area contributed by atoms with Gasteiger partial charge in [-0.2, -0.15) is 0 Å². The zero-order valence-corrected chi connectivity index (χ0v) is 17.5. The van der Waals surface area contributed by atoms with Crippen LogP contribution in [0, 0.1) is 0 Å². The highest BCUT2D eigenvalue weighted by molar-refractivity contribution is 7.93. The second-order valence-corrected chi connectivity index (χ2v) is 9.65. The van der Waals surface area contributed by atoms with E-state index in [9.17, 15) is 13.3 Å². The maximum Gasteiger partial charge on any atom is 0.267 e. The lowest BCUT2D eigenvalue weighted by molar-refractivity contribution is 0.172. The molecule has 7 heteroatoms. The molecule has 0 fully saturated rings. The lowest BCUT2D eigenvalue weighted by Gasteiger charge is -2.20. The molecule has 2 N–H and O–H groups in total. The third-order valence-electron chi connectivity index (χ3n) is 4.00. The van der Waals surface area contributed by atoms with Crippen LogP contribution < -0.4 is 4.49 Å². The third-order valence-corrected chi connectivity index (χ3v) is 6.45. The first-order valence-corrected chi connectivity index (χ1v) is 12.6. The van der Waals surface area contributed by atoms with Crippen molar-refractivity contribution in [2.45, 2.75) is 103 Å². The fraction of sp³-hybridized carbons (Fsp3) is 1.00. The van der Waals surface area contributed by atoms with Gasteiger partial charge in [-0.05, 0) is 12.8 Å². The van der Waals surface area contributed by atoms with Gasteiger partial charge in [0.1, 0.15) is 0 Å². The summed E-state index contributed by atoms with van der Waals surface area (Å²) in [5.74, 6) is 0. The molecule has 2 unspecified atom stereocenters. The highest BCUT2D eigenvalue weighted by atomic mass is 32.2. The minimum Gasteiger partial charge on any atom is -0.337 e. The summed E-state index contributed by atoms with van der Waals surface area (Å²) in [5.41, 5.74) is 0. The summed E-state index contributed by atoms with van der Waals surface area (Å²) in [6.45, 7) is 4.40. The molecule has 146 valence electrons. The molecule has 0 aromatic heterocycles. The van der Waals surface area contributed by atoms with Crippen LogP contribution in [0.15, 0.2) is 0 Å². The molecule has 0 rings (SSSR count). The van der Waals surface area contributed by atoms with Crippen molar-refractivity contribution in [2.24, 2.45) is 0 Å². The van der Waals surface area contributed by atoms with Crippen molar-refractivity contribution >= 4 is 18.5 Å². The molecular weight excluding hydrogens is 345 g/mol. The summed E-state index contributed by atoms with van der Waals surface area (Å²) < 4.78 is 30.1. The van der Waals surface area contributed by atoms with Gasteiger partial charge in [0.05, 0.1) is 12.4 Å². The summed E-state index contributed by atoms with van der Waals surface area (Å²) >= 11 is 0. The highest BCUT2D eigenvalue weighted by Crippen LogP contribution is 2.32. The average molecular weight is 384 g/mol. The Morgan fingerprint density at radius 3 is 1.71 bits per heavy atom. The van der Waals surface area contributed by atoms with Gasteiger partial charge in [0.25, 0.3) is 8.53 Å². The molecule has 0 aromatic carbocycles. The standard InChI is InChI=1S/C17H38NO4PS/c1-4-6-8-10-12-14-16-17(15-13-11-9-7-5-2)22-23(19)18-24(3,20)21/h17-19H,4-16H2,1-3H3. The first-order chi connectivity index (χ1) is 11.4. The number of sulfonamides is 1. The minimum atomic E-state index is -3.43. The molecule has 0 spiro atoms. The van der Waals surface area contributed by atoms with Gasteiger partial charge < -0.3 is 9.42 Å². The number of unbranched alkanes of at least 4 members (excludes halogenated alkanes) is 9. The average Bonchev–Trinajstić information content (AvgIpc) is 2.48. The number of rotatable bonds is 17. The molecule has 0 radical (unpaired) electrons. The van der Waals surface area contributed by atoms with Gasteiger partial charge in [0, 0.05) is 0 Å². The molecule has 0 saturated carbocycles. The zero-order chi connectivity index (χ0) is 18.3. The van der Waals surface area contributed by atoms with Crippen molar-refractivity contribution in [3.63, 3.8) is 0 Å². The monoisotopic (exact) mass is 383 g/mol. The van der Waals surface area contributed by atoms with Crippen LogP contribution in [0.5, 0.6) is 0 Å². The van der Waals surface area contributed by atoms with Crippen molar-refractivity contribution in [1.29, 1.82) is 0 Å². The SMILES string of the molecule is CCCCCCCCC(CCCCCCC)OP(O)NS(C)(=O)=O. The maximum atomic E-state index is 11.2. The predicted octanol–water partition coefficient (Wildman–Crippen LogP) is 5.25. The largest absolute Gasteiger partial charge is 0.337 e. The van der Waals surface area contributed by atoms with E-state index in [4.69, 9.17) is 4.52 Å². The lowest BCUT2D eigenvalue weighted by atomic mass is 10.0. The molecule has 0 aliphatic carbocycles. The van der Waals surface area contributed by atoms with Crippen LogP contribution in [0.4, 0.5) is 0 Å². The van der Waals surface area contributed by atoms with E-state index in [0.29, 0.717) is 0 Å². The number of hydrogen-bond donors (Lipinski definition) is 2. The summed E-state index contributed by atoms with van der Waals surface area (Å²) in [4.78, 5) is 9.82. The Balaban J connectivity index is 4.12. The van der Waals surface area contributed by atoms with Crippen LogP contribution in [-0.4, -0.2) is 25.7 Å². The quantitative estimate of drug-likeness (QED) is 0.266. The normalized spacial score (nSPS) is 14.7. The van der Waals surface area contributed by atoms with Gasteiger partial charge in [0.2, 0.25) is 10.0 Å². The Kier molecular flexibility index (Phi) is 15.7. The molecule has 24 heavy (non-hydrogen) atoms. The van der Waals surface area contributed by atoms with Crippen LogP contribution in [0.25, 0.3) is 0 Å². The molecule has 0 aliphatic rings. The van der Waals surface area contributed by atoms with Crippen LogP contribution in [0.3, 0.4) is 0 Å². The zero-order valence-electron chi connectivity index (χ0n) is 15.8. The van der Waals surface area contributed by atoms with E-state index in [0.717, 1.165) is 31.9 Å². The van der Waals surface area contributed by atoms with E-state index in [-0.39, 0.29) is 6.10 Å². The van der Waals surface area contributed by atoms with Gasteiger partial charge >= 0.3 is 0 Å². The summed E-state index contributed by atoms with van der Waals surface area (Å²) in [7, 11) is -5.54. The summed E-state index contributed by atoms with van der Waals surface area (Å²) in [6, 6.07) is 0. The van der Waals surface area contributed by atoms with Gasteiger partial charge in [0.15, 0.2) is 0 Å². The lowest BCUT2D eigenvalue weighted by Crippen LogP contribution is -2.20. The molecule has 2 atom stereocenters. The molecular formula is C17H38NO4PS. The van der Waals surface area contributed by atoms with Crippen LogP contribution in [0.2, 0.25) is 0 Å².